The van der Waals surface area contributed by atoms with Gasteiger partial charge in [0.15, 0.2) is 0 Å². The first-order valence-electron chi connectivity index (χ1n) is 7.18. The van der Waals surface area contributed by atoms with Crippen LogP contribution >= 0.6 is 15.9 Å². The van der Waals surface area contributed by atoms with Crippen molar-refractivity contribution >= 4 is 39.5 Å². The van der Waals surface area contributed by atoms with Crippen LogP contribution in [0.2, 0.25) is 0 Å². The van der Waals surface area contributed by atoms with Crippen LogP contribution in [0.15, 0.2) is 58.7 Å². The number of benzene rings is 2. The van der Waals surface area contributed by atoms with Crippen LogP contribution in [0.3, 0.4) is 0 Å². The second-order valence-electron chi connectivity index (χ2n) is 4.98. The van der Waals surface area contributed by atoms with Crippen molar-refractivity contribution < 1.29 is 14.3 Å². The molecule has 0 heterocycles. The standard InChI is InChI=1S/C18H17BrN2O3/c1-12(22)20-17(10-13-6-8-16(24-2)9-7-13)18(23)21-15-5-3-4-14(19)11-15/h3-11H,1-2H3,(H,20,22)(H,21,23). The number of methoxy groups -OCH3 is 1. The number of carbonyl (C=O) groups is 2. The second kappa shape index (κ2) is 8.31. The van der Waals surface area contributed by atoms with Gasteiger partial charge >= 0.3 is 0 Å². The van der Waals surface area contributed by atoms with Crippen molar-refractivity contribution in [3.63, 3.8) is 0 Å². The molecule has 0 aromatic heterocycles. The maximum absolute atomic E-state index is 12.5. The first kappa shape index (κ1) is 17.7. The number of anilines is 1. The van der Waals surface area contributed by atoms with Gasteiger partial charge in [-0.15, -0.1) is 0 Å². The molecule has 2 amide bonds. The molecule has 0 fully saturated rings. The van der Waals surface area contributed by atoms with Gasteiger partial charge in [-0.05, 0) is 42.0 Å². The Balaban J connectivity index is 2.24. The van der Waals surface area contributed by atoms with Gasteiger partial charge in [-0.3, -0.25) is 9.59 Å². The van der Waals surface area contributed by atoms with Gasteiger partial charge in [-0.25, -0.2) is 0 Å². The highest BCUT2D eigenvalue weighted by atomic mass is 79.9. The van der Waals surface area contributed by atoms with Crippen molar-refractivity contribution in [1.29, 1.82) is 0 Å². The van der Waals surface area contributed by atoms with E-state index in [4.69, 9.17) is 4.74 Å². The summed E-state index contributed by atoms with van der Waals surface area (Å²) in [6.07, 6.45) is 1.61. The Morgan fingerprint density at radius 1 is 1.12 bits per heavy atom. The zero-order chi connectivity index (χ0) is 17.5. The molecule has 2 N–H and O–H groups in total. The molecule has 0 spiro atoms. The Bertz CT molecular complexity index is 770. The summed E-state index contributed by atoms with van der Waals surface area (Å²) >= 11 is 3.35. The molecule has 5 nitrogen and oxygen atoms in total. The van der Waals surface area contributed by atoms with Crippen LogP contribution in [0, 0.1) is 0 Å². The molecular formula is C18H17BrN2O3. The fourth-order valence-electron chi connectivity index (χ4n) is 1.98. The summed E-state index contributed by atoms with van der Waals surface area (Å²) in [7, 11) is 1.58. The SMILES string of the molecule is COc1ccc(C=C(NC(C)=O)C(=O)Nc2cccc(Br)c2)cc1. The summed E-state index contributed by atoms with van der Waals surface area (Å²) in [5.41, 5.74) is 1.55. The van der Waals surface area contributed by atoms with Crippen molar-refractivity contribution in [3.05, 3.63) is 64.3 Å². The van der Waals surface area contributed by atoms with Crippen LogP contribution in [0.25, 0.3) is 6.08 Å². The average molecular weight is 389 g/mol. The minimum absolute atomic E-state index is 0.160. The summed E-state index contributed by atoms with van der Waals surface area (Å²) in [6, 6.07) is 14.4. The number of nitrogens with one attached hydrogen (secondary N) is 2. The molecule has 0 atom stereocenters. The molecule has 0 saturated heterocycles. The van der Waals surface area contributed by atoms with Gasteiger partial charge in [0.25, 0.3) is 5.91 Å². The zero-order valence-corrected chi connectivity index (χ0v) is 14.9. The summed E-state index contributed by atoms with van der Waals surface area (Å²) in [4.78, 5) is 23.8. The van der Waals surface area contributed by atoms with Crippen molar-refractivity contribution in [2.45, 2.75) is 6.92 Å². The van der Waals surface area contributed by atoms with Crippen LogP contribution in [-0.2, 0) is 9.59 Å². The predicted molar refractivity (Wildman–Crippen MR) is 97.6 cm³/mol. The fourth-order valence-corrected chi connectivity index (χ4v) is 2.38. The largest absolute Gasteiger partial charge is 0.497 e. The molecule has 24 heavy (non-hydrogen) atoms. The Kier molecular flexibility index (Phi) is 6.14. The molecule has 0 aliphatic carbocycles. The van der Waals surface area contributed by atoms with E-state index in [0.717, 1.165) is 10.0 Å². The van der Waals surface area contributed by atoms with Crippen LogP contribution in [0.1, 0.15) is 12.5 Å². The van der Waals surface area contributed by atoms with Gasteiger partial charge in [0.05, 0.1) is 7.11 Å². The normalized spacial score (nSPS) is 10.9. The van der Waals surface area contributed by atoms with E-state index in [0.29, 0.717) is 11.4 Å². The van der Waals surface area contributed by atoms with E-state index in [-0.39, 0.29) is 11.6 Å². The third-order valence-corrected chi connectivity index (χ3v) is 3.56. The molecule has 0 aliphatic rings. The smallest absolute Gasteiger partial charge is 0.272 e. The summed E-state index contributed by atoms with van der Waals surface area (Å²) in [6.45, 7) is 1.36. The lowest BCUT2D eigenvalue weighted by molar-refractivity contribution is -0.120. The van der Waals surface area contributed by atoms with Crippen molar-refractivity contribution in [2.75, 3.05) is 12.4 Å². The van der Waals surface area contributed by atoms with Gasteiger partial charge in [-0.2, -0.15) is 0 Å². The maximum atomic E-state index is 12.5. The number of halogens is 1. The van der Waals surface area contributed by atoms with Crippen molar-refractivity contribution in [3.8, 4) is 5.75 Å². The van der Waals surface area contributed by atoms with E-state index in [1.54, 1.807) is 49.6 Å². The third-order valence-electron chi connectivity index (χ3n) is 3.06. The molecule has 124 valence electrons. The molecule has 0 unspecified atom stereocenters. The van der Waals surface area contributed by atoms with Crippen LogP contribution in [0.5, 0.6) is 5.75 Å². The summed E-state index contributed by atoms with van der Waals surface area (Å²) in [5, 5.41) is 5.31. The molecule has 2 rings (SSSR count). The second-order valence-corrected chi connectivity index (χ2v) is 5.89. The molecule has 0 bridgehead atoms. The van der Waals surface area contributed by atoms with Crippen LogP contribution in [0.4, 0.5) is 5.69 Å². The van der Waals surface area contributed by atoms with Gasteiger partial charge in [0.1, 0.15) is 11.4 Å². The molecule has 2 aromatic rings. The van der Waals surface area contributed by atoms with Crippen LogP contribution in [-0.4, -0.2) is 18.9 Å². The fraction of sp³-hybridized carbons (Fsp3) is 0.111. The Morgan fingerprint density at radius 2 is 1.83 bits per heavy atom. The highest BCUT2D eigenvalue weighted by Crippen LogP contribution is 2.17. The lowest BCUT2D eigenvalue weighted by Gasteiger charge is -2.10. The topological polar surface area (TPSA) is 67.4 Å². The summed E-state index contributed by atoms with van der Waals surface area (Å²) < 4.78 is 5.95. The first-order chi connectivity index (χ1) is 11.5. The van der Waals surface area contributed by atoms with Crippen LogP contribution < -0.4 is 15.4 Å². The minimum atomic E-state index is -0.404. The Hall–Kier alpha value is -2.60. The number of rotatable bonds is 5. The van der Waals surface area contributed by atoms with Gasteiger partial charge in [0, 0.05) is 17.1 Å². The van der Waals surface area contributed by atoms with Crippen molar-refractivity contribution in [2.24, 2.45) is 0 Å². The van der Waals surface area contributed by atoms with Gasteiger partial charge in [-0.1, -0.05) is 34.1 Å². The van der Waals surface area contributed by atoms with E-state index in [1.165, 1.54) is 6.92 Å². The molecule has 6 heteroatoms. The van der Waals surface area contributed by atoms with Gasteiger partial charge < -0.3 is 15.4 Å². The Labute approximate surface area is 148 Å². The number of ether oxygens (including phenoxy) is 1. The molecule has 2 aromatic carbocycles. The average Bonchev–Trinajstić information content (AvgIpc) is 2.54. The number of hydrogen-bond donors (Lipinski definition) is 2. The lowest BCUT2D eigenvalue weighted by Crippen LogP contribution is -2.28. The maximum Gasteiger partial charge on any atom is 0.272 e. The minimum Gasteiger partial charge on any atom is -0.497 e. The zero-order valence-electron chi connectivity index (χ0n) is 13.3. The number of amides is 2. The number of hydrogen-bond acceptors (Lipinski definition) is 3. The predicted octanol–water partition coefficient (Wildman–Crippen LogP) is 3.57. The number of carbonyl (C=O) groups excluding carboxylic acids is 2. The monoisotopic (exact) mass is 388 g/mol. The highest BCUT2D eigenvalue weighted by Gasteiger charge is 2.12. The van der Waals surface area contributed by atoms with Crippen molar-refractivity contribution in [1.82, 2.24) is 5.32 Å². The van der Waals surface area contributed by atoms with Gasteiger partial charge in [0.2, 0.25) is 5.91 Å². The molecule has 0 aliphatic heterocycles. The van der Waals surface area contributed by atoms with E-state index in [9.17, 15) is 9.59 Å². The lowest BCUT2D eigenvalue weighted by atomic mass is 10.1. The van der Waals surface area contributed by atoms with E-state index >= 15 is 0 Å². The first-order valence-corrected chi connectivity index (χ1v) is 7.97. The van der Waals surface area contributed by atoms with E-state index < -0.39 is 5.91 Å². The molecular weight excluding hydrogens is 372 g/mol. The summed E-state index contributed by atoms with van der Waals surface area (Å²) in [5.74, 6) is -0.00918. The molecule has 0 radical (unpaired) electrons. The van der Waals surface area contributed by atoms with E-state index in [2.05, 4.69) is 26.6 Å². The Morgan fingerprint density at radius 3 is 2.42 bits per heavy atom. The van der Waals surface area contributed by atoms with E-state index in [1.807, 2.05) is 12.1 Å². The quantitative estimate of drug-likeness (QED) is 0.769. The third kappa shape index (κ3) is 5.24. The highest BCUT2D eigenvalue weighted by molar-refractivity contribution is 9.10. The molecule has 0 saturated carbocycles.